The third-order valence-corrected chi connectivity index (χ3v) is 9.27. The van der Waals surface area contributed by atoms with Gasteiger partial charge in [-0.2, -0.15) is 18.2 Å². The lowest BCUT2D eigenvalue weighted by Gasteiger charge is -2.51. The number of nitrogens with one attached hydrogen (secondary N) is 1. The van der Waals surface area contributed by atoms with Crippen molar-refractivity contribution in [3.63, 3.8) is 0 Å². The molecule has 2 amide bonds. The van der Waals surface area contributed by atoms with E-state index < -0.39 is 79.2 Å². The van der Waals surface area contributed by atoms with Gasteiger partial charge in [-0.1, -0.05) is 17.7 Å². The Morgan fingerprint density at radius 2 is 1.73 bits per heavy atom. The molecule has 3 aliphatic rings. The van der Waals surface area contributed by atoms with Gasteiger partial charge in [0.25, 0.3) is 5.95 Å². The van der Waals surface area contributed by atoms with Crippen LogP contribution in [0.1, 0.15) is 41.9 Å². The second-order valence-electron chi connectivity index (χ2n) is 9.73. The number of fused-ring (bicyclic) bond motifs is 5. The number of urea groups is 1. The van der Waals surface area contributed by atoms with Crippen LogP contribution < -0.4 is 5.32 Å². The molecule has 3 atom stereocenters. The monoisotopic (exact) mass is 600 g/mol. The Bertz CT molecular complexity index is 1690. The Hall–Kier alpha value is -3.59. The number of aromatic nitrogens is 3. The lowest BCUT2D eigenvalue weighted by molar-refractivity contribution is -0.137. The van der Waals surface area contributed by atoms with E-state index in [2.05, 4.69) is 20.4 Å². The number of hydrogen-bond acceptors (Lipinski definition) is 6. The van der Waals surface area contributed by atoms with Crippen LogP contribution in [0.15, 0.2) is 35.3 Å². The molecule has 0 spiro atoms. The van der Waals surface area contributed by atoms with Gasteiger partial charge in [0, 0.05) is 17.6 Å². The zero-order valence-electron chi connectivity index (χ0n) is 20.4. The Labute approximate surface area is 228 Å². The van der Waals surface area contributed by atoms with Gasteiger partial charge in [0.05, 0.1) is 39.1 Å². The molecule has 9 nitrogen and oxygen atoms in total. The quantitative estimate of drug-likeness (QED) is 0.435. The fourth-order valence-electron chi connectivity index (χ4n) is 5.39. The van der Waals surface area contributed by atoms with Crippen molar-refractivity contribution in [2.24, 2.45) is 4.99 Å². The number of carbonyl (C=O) groups excluding carboxylic acids is 1. The first-order valence-electron chi connectivity index (χ1n) is 11.9. The number of hydrogen-bond donors (Lipinski definition) is 1. The smallest absolute Gasteiger partial charge is 0.316 e. The molecule has 4 heterocycles. The van der Waals surface area contributed by atoms with Crippen molar-refractivity contribution < 1.29 is 35.2 Å². The highest BCUT2D eigenvalue weighted by Crippen LogP contribution is 2.42. The van der Waals surface area contributed by atoms with Crippen LogP contribution in [0, 0.1) is 11.6 Å². The first kappa shape index (κ1) is 26.6. The van der Waals surface area contributed by atoms with Gasteiger partial charge < -0.3 is 4.90 Å². The number of rotatable bonds is 2. The zero-order valence-corrected chi connectivity index (χ0v) is 21.9. The summed E-state index contributed by atoms with van der Waals surface area (Å²) in [4.78, 5) is 22.9. The molecular weight excluding hydrogens is 583 g/mol. The molecule has 2 fully saturated rings. The van der Waals surface area contributed by atoms with Gasteiger partial charge in [0.15, 0.2) is 15.7 Å². The standard InChI is InChI=1S/C24H18ClF5N6O3S/c1-10-21-32-22(33-23(37)35-11-7-12(35)9-40(38,39)8-11)34-36(21)16-6-5-13(24(28,29)30)19(25)18(16)20(31-10)17-14(26)3-2-4-15(17)27/h2-6,10-12H,7-9H2,1H3,(H,33,34,37)/t10-,11?,12?/m0/s1. The van der Waals surface area contributed by atoms with Gasteiger partial charge in [-0.25, -0.2) is 26.7 Å². The molecule has 2 unspecified atom stereocenters. The fraction of sp³-hybridized carbons (Fsp3) is 0.333. The average Bonchev–Trinajstić information content (AvgIpc) is 3.20. The number of aliphatic imine (C=N–C) groups is 1. The molecular formula is C24H18ClF5N6O3S. The van der Waals surface area contributed by atoms with E-state index in [9.17, 15) is 35.2 Å². The van der Waals surface area contributed by atoms with Gasteiger partial charge >= 0.3 is 12.2 Å². The van der Waals surface area contributed by atoms with Crippen LogP contribution in [0.3, 0.4) is 0 Å². The number of nitrogens with zero attached hydrogens (tertiary/aromatic N) is 5. The fourth-order valence-corrected chi connectivity index (χ4v) is 7.64. The Kier molecular flexibility index (Phi) is 5.96. The molecule has 3 aromatic rings. The maximum absolute atomic E-state index is 14.9. The maximum Gasteiger partial charge on any atom is 0.417 e. The highest BCUT2D eigenvalue weighted by molar-refractivity contribution is 7.91. The zero-order chi connectivity index (χ0) is 28.7. The van der Waals surface area contributed by atoms with E-state index in [1.807, 2.05) is 0 Å². The average molecular weight is 601 g/mol. The van der Waals surface area contributed by atoms with Crippen LogP contribution in [-0.2, 0) is 16.0 Å². The normalized spacial score (nSPS) is 22.9. The summed E-state index contributed by atoms with van der Waals surface area (Å²) < 4.78 is 96.0. The lowest BCUT2D eigenvalue weighted by Crippen LogP contribution is -2.68. The van der Waals surface area contributed by atoms with Crippen molar-refractivity contribution in [2.75, 3.05) is 16.8 Å². The highest BCUT2D eigenvalue weighted by Gasteiger charge is 2.50. The van der Waals surface area contributed by atoms with E-state index in [1.165, 1.54) is 11.8 Å². The Morgan fingerprint density at radius 1 is 1.07 bits per heavy atom. The Morgan fingerprint density at radius 3 is 2.35 bits per heavy atom. The second-order valence-corrected chi connectivity index (χ2v) is 12.3. The van der Waals surface area contributed by atoms with Gasteiger partial charge in [-0.05, 0) is 37.6 Å². The predicted molar refractivity (Wildman–Crippen MR) is 133 cm³/mol. The van der Waals surface area contributed by atoms with E-state index in [4.69, 9.17) is 11.6 Å². The minimum absolute atomic E-state index is 0.0468. The molecule has 6 rings (SSSR count). The minimum atomic E-state index is -4.89. The molecule has 0 saturated carbocycles. The summed E-state index contributed by atoms with van der Waals surface area (Å²) in [5.41, 5.74) is -2.89. The summed E-state index contributed by atoms with van der Waals surface area (Å²) in [5.74, 6) is -2.61. The Balaban J connectivity index is 1.45. The van der Waals surface area contributed by atoms with Crippen LogP contribution in [0.4, 0.5) is 32.7 Å². The minimum Gasteiger partial charge on any atom is -0.316 e. The van der Waals surface area contributed by atoms with E-state index in [0.717, 1.165) is 28.9 Å². The van der Waals surface area contributed by atoms with Gasteiger partial charge in [-0.15, -0.1) is 5.10 Å². The van der Waals surface area contributed by atoms with Crippen molar-refractivity contribution in [1.82, 2.24) is 19.7 Å². The van der Waals surface area contributed by atoms with E-state index in [-0.39, 0.29) is 29.0 Å². The van der Waals surface area contributed by atoms with Crippen molar-refractivity contribution >= 4 is 39.1 Å². The molecule has 16 heteroatoms. The number of alkyl halides is 3. The van der Waals surface area contributed by atoms with Crippen LogP contribution in [0.2, 0.25) is 5.02 Å². The largest absolute Gasteiger partial charge is 0.417 e. The highest BCUT2D eigenvalue weighted by atomic mass is 35.5. The maximum atomic E-state index is 14.9. The molecule has 2 aromatic carbocycles. The molecule has 2 bridgehead atoms. The van der Waals surface area contributed by atoms with E-state index in [1.54, 1.807) is 0 Å². The topological polar surface area (TPSA) is 110 Å². The van der Waals surface area contributed by atoms with E-state index in [0.29, 0.717) is 12.5 Å². The van der Waals surface area contributed by atoms with Crippen LogP contribution in [0.25, 0.3) is 5.69 Å². The van der Waals surface area contributed by atoms with E-state index >= 15 is 0 Å². The van der Waals surface area contributed by atoms with Crippen molar-refractivity contribution in [3.8, 4) is 5.69 Å². The first-order valence-corrected chi connectivity index (χ1v) is 14.1. The summed E-state index contributed by atoms with van der Waals surface area (Å²) in [5, 5.41) is 5.90. The number of benzene rings is 2. The lowest BCUT2D eigenvalue weighted by atomic mass is 9.95. The van der Waals surface area contributed by atoms with Crippen molar-refractivity contribution in [2.45, 2.75) is 37.6 Å². The van der Waals surface area contributed by atoms with Crippen LogP contribution in [0.5, 0.6) is 0 Å². The molecule has 40 heavy (non-hydrogen) atoms. The number of sulfone groups is 1. The van der Waals surface area contributed by atoms with Crippen molar-refractivity contribution in [1.29, 1.82) is 0 Å². The van der Waals surface area contributed by atoms with Crippen LogP contribution in [-0.4, -0.2) is 63.4 Å². The van der Waals surface area contributed by atoms with Gasteiger partial charge in [0.1, 0.15) is 17.7 Å². The molecule has 3 aliphatic heterocycles. The van der Waals surface area contributed by atoms with Crippen LogP contribution >= 0.6 is 11.6 Å². The number of anilines is 1. The second kappa shape index (κ2) is 8.96. The molecule has 1 aromatic heterocycles. The summed E-state index contributed by atoms with van der Waals surface area (Å²) in [6.07, 6.45) is -4.34. The molecule has 1 N–H and O–H groups in total. The third kappa shape index (κ3) is 4.22. The van der Waals surface area contributed by atoms with Gasteiger partial charge in [-0.3, -0.25) is 10.3 Å². The first-order chi connectivity index (χ1) is 18.7. The van der Waals surface area contributed by atoms with Gasteiger partial charge in [0.2, 0.25) is 0 Å². The predicted octanol–water partition coefficient (Wildman–Crippen LogP) is 4.53. The summed E-state index contributed by atoms with van der Waals surface area (Å²) in [6.45, 7) is 1.49. The molecule has 0 aliphatic carbocycles. The van der Waals surface area contributed by atoms with Crippen molar-refractivity contribution in [3.05, 3.63) is 69.5 Å². The summed E-state index contributed by atoms with van der Waals surface area (Å²) in [6, 6.07) is 2.14. The third-order valence-electron chi connectivity index (χ3n) is 7.10. The summed E-state index contributed by atoms with van der Waals surface area (Å²) in [7, 11) is -3.24. The SMILES string of the molecule is C[C@@H]1N=C(c2c(F)cccc2F)c2c(ccc(C(F)(F)F)c2Cl)-n2nc(NC(=O)N3C4CC3CS(=O)(=O)C4)nc21. The molecule has 0 radical (unpaired) electrons. The molecule has 2 saturated heterocycles. The number of amides is 2. The number of carbonyl (C=O) groups is 1. The number of halogens is 6. The number of likely N-dealkylation sites (tertiary alicyclic amines) is 1. The summed E-state index contributed by atoms with van der Waals surface area (Å²) >= 11 is 6.25. The molecule has 210 valence electrons.